The quantitative estimate of drug-likeness (QED) is 0.767. The summed E-state index contributed by atoms with van der Waals surface area (Å²) in [5.41, 5.74) is 1.27. The summed E-state index contributed by atoms with van der Waals surface area (Å²) in [5.74, 6) is 0.261. The summed E-state index contributed by atoms with van der Waals surface area (Å²) in [6.45, 7) is 4.38. The molecule has 0 radical (unpaired) electrons. The highest BCUT2D eigenvalue weighted by molar-refractivity contribution is 7.92. The van der Waals surface area contributed by atoms with Gasteiger partial charge in [0.15, 0.2) is 0 Å². The summed E-state index contributed by atoms with van der Waals surface area (Å²) in [6.07, 6.45) is 0. The van der Waals surface area contributed by atoms with Crippen LogP contribution >= 0.6 is 12.4 Å². The first-order chi connectivity index (χ1) is 12.9. The number of piperazine rings is 1. The van der Waals surface area contributed by atoms with Gasteiger partial charge in [0.25, 0.3) is 15.9 Å². The average Bonchev–Trinajstić information content (AvgIpc) is 2.68. The number of sulfonamides is 1. The van der Waals surface area contributed by atoms with Gasteiger partial charge in [0.1, 0.15) is 5.75 Å². The number of carbonyl (C=O) groups is 1. The highest BCUT2D eigenvalue weighted by atomic mass is 35.5. The monoisotopic (exact) mass is 425 g/mol. The van der Waals surface area contributed by atoms with Gasteiger partial charge in [-0.1, -0.05) is 18.2 Å². The smallest absolute Gasteiger partial charge is 0.262 e. The number of methoxy groups -OCH3 is 1. The van der Waals surface area contributed by atoms with Crippen LogP contribution in [0.2, 0.25) is 0 Å². The molecule has 0 spiro atoms. The molecule has 1 aliphatic heterocycles. The number of halogens is 1. The number of benzene rings is 2. The molecule has 0 bridgehead atoms. The van der Waals surface area contributed by atoms with E-state index < -0.39 is 10.0 Å². The Morgan fingerprint density at radius 2 is 1.82 bits per heavy atom. The first-order valence-corrected chi connectivity index (χ1v) is 10.2. The molecule has 0 atom stereocenters. The van der Waals surface area contributed by atoms with Gasteiger partial charge in [-0.2, -0.15) is 0 Å². The molecule has 1 heterocycles. The number of aryl methyl sites for hydroxylation is 1. The molecule has 1 fully saturated rings. The first kappa shape index (κ1) is 22.0. The summed E-state index contributed by atoms with van der Waals surface area (Å²) < 4.78 is 33.6. The topological polar surface area (TPSA) is 87.7 Å². The Hall–Kier alpha value is -2.29. The number of anilines is 1. The third-order valence-electron chi connectivity index (χ3n) is 4.48. The minimum Gasteiger partial charge on any atom is -0.495 e. The standard InChI is InChI=1S/C19H23N3O4S.ClH/c1-14-7-8-15(19(23)22-11-9-20-10-12-22)13-18(14)27(24,25)21-16-5-3-4-6-17(16)26-2;/h3-8,13,20-21H,9-12H2,1-2H3;1H. The molecule has 1 aliphatic rings. The number of amides is 1. The molecule has 0 aliphatic carbocycles. The Labute approximate surface area is 171 Å². The lowest BCUT2D eigenvalue weighted by atomic mass is 10.1. The maximum Gasteiger partial charge on any atom is 0.262 e. The molecular formula is C19H24ClN3O4S. The molecule has 0 saturated carbocycles. The van der Waals surface area contributed by atoms with Gasteiger partial charge < -0.3 is 15.0 Å². The van der Waals surface area contributed by atoms with Crippen molar-refractivity contribution in [2.45, 2.75) is 11.8 Å². The maximum atomic E-state index is 12.9. The fourth-order valence-electron chi connectivity index (χ4n) is 3.00. The SMILES string of the molecule is COc1ccccc1NS(=O)(=O)c1cc(C(=O)N2CCNCC2)ccc1C.Cl. The van der Waals surface area contributed by atoms with E-state index in [0.717, 1.165) is 13.1 Å². The number of rotatable bonds is 5. The lowest BCUT2D eigenvalue weighted by Crippen LogP contribution is -2.46. The predicted molar refractivity (Wildman–Crippen MR) is 111 cm³/mol. The molecule has 9 heteroatoms. The zero-order valence-corrected chi connectivity index (χ0v) is 17.4. The van der Waals surface area contributed by atoms with Crippen LogP contribution < -0.4 is 14.8 Å². The van der Waals surface area contributed by atoms with Gasteiger partial charge in [-0.3, -0.25) is 9.52 Å². The van der Waals surface area contributed by atoms with Crippen LogP contribution in [0.25, 0.3) is 0 Å². The van der Waals surface area contributed by atoms with Crippen molar-refractivity contribution in [3.05, 3.63) is 53.6 Å². The van der Waals surface area contributed by atoms with Crippen LogP contribution in [0.1, 0.15) is 15.9 Å². The van der Waals surface area contributed by atoms with E-state index in [1.165, 1.54) is 13.2 Å². The van der Waals surface area contributed by atoms with Crippen molar-refractivity contribution in [3.63, 3.8) is 0 Å². The van der Waals surface area contributed by atoms with Crippen LogP contribution in [0.3, 0.4) is 0 Å². The number of hydrogen-bond acceptors (Lipinski definition) is 5. The number of carbonyl (C=O) groups excluding carboxylic acids is 1. The van der Waals surface area contributed by atoms with Crippen LogP contribution in [0, 0.1) is 6.92 Å². The Morgan fingerprint density at radius 3 is 2.50 bits per heavy atom. The number of nitrogens with zero attached hydrogens (tertiary/aromatic N) is 1. The summed E-state index contributed by atoms with van der Waals surface area (Å²) in [6, 6.07) is 11.5. The molecule has 3 rings (SSSR count). The minimum atomic E-state index is -3.88. The minimum absolute atomic E-state index is 0. The van der Waals surface area contributed by atoms with Gasteiger partial charge in [-0.25, -0.2) is 8.42 Å². The van der Waals surface area contributed by atoms with Gasteiger partial charge in [-0.05, 0) is 36.8 Å². The van der Waals surface area contributed by atoms with Crippen molar-refractivity contribution in [1.29, 1.82) is 0 Å². The lowest BCUT2D eigenvalue weighted by Gasteiger charge is -2.27. The van der Waals surface area contributed by atoms with Gasteiger partial charge in [0.2, 0.25) is 0 Å². The second-order valence-corrected chi connectivity index (χ2v) is 7.98. The number of nitrogens with one attached hydrogen (secondary N) is 2. The number of para-hydroxylation sites is 2. The van der Waals surface area contributed by atoms with Gasteiger partial charge >= 0.3 is 0 Å². The van der Waals surface area contributed by atoms with E-state index in [1.54, 1.807) is 48.2 Å². The Morgan fingerprint density at radius 1 is 1.14 bits per heavy atom. The van der Waals surface area contributed by atoms with Gasteiger partial charge in [0, 0.05) is 31.7 Å². The maximum absolute atomic E-state index is 12.9. The van der Waals surface area contributed by atoms with E-state index in [0.29, 0.717) is 35.7 Å². The molecule has 1 amide bonds. The Bertz CT molecular complexity index is 944. The summed E-state index contributed by atoms with van der Waals surface area (Å²) in [4.78, 5) is 14.5. The van der Waals surface area contributed by atoms with Crippen molar-refractivity contribution in [2.24, 2.45) is 0 Å². The van der Waals surface area contributed by atoms with Crippen molar-refractivity contribution in [1.82, 2.24) is 10.2 Å². The third-order valence-corrected chi connectivity index (χ3v) is 5.99. The van der Waals surface area contributed by atoms with E-state index >= 15 is 0 Å². The van der Waals surface area contributed by atoms with E-state index in [4.69, 9.17) is 4.74 Å². The van der Waals surface area contributed by atoms with Crippen molar-refractivity contribution in [2.75, 3.05) is 38.0 Å². The zero-order valence-electron chi connectivity index (χ0n) is 15.8. The van der Waals surface area contributed by atoms with E-state index in [9.17, 15) is 13.2 Å². The fourth-order valence-corrected chi connectivity index (χ4v) is 4.34. The second kappa shape index (κ2) is 9.27. The zero-order chi connectivity index (χ0) is 19.4. The fraction of sp³-hybridized carbons (Fsp3) is 0.316. The highest BCUT2D eigenvalue weighted by Crippen LogP contribution is 2.27. The molecule has 2 N–H and O–H groups in total. The molecular weight excluding hydrogens is 402 g/mol. The van der Waals surface area contributed by atoms with E-state index in [1.807, 2.05) is 0 Å². The van der Waals surface area contributed by atoms with Crippen LogP contribution in [0.15, 0.2) is 47.4 Å². The lowest BCUT2D eigenvalue weighted by molar-refractivity contribution is 0.0735. The largest absolute Gasteiger partial charge is 0.495 e. The summed E-state index contributed by atoms with van der Waals surface area (Å²) in [7, 11) is -2.40. The van der Waals surface area contributed by atoms with Crippen LogP contribution in [0.5, 0.6) is 5.75 Å². The molecule has 7 nitrogen and oxygen atoms in total. The molecule has 0 unspecified atom stereocenters. The molecule has 2 aromatic rings. The van der Waals surface area contributed by atoms with E-state index in [-0.39, 0.29) is 23.2 Å². The van der Waals surface area contributed by atoms with Crippen LogP contribution in [-0.2, 0) is 10.0 Å². The Kier molecular flexibility index (Phi) is 7.29. The summed E-state index contributed by atoms with van der Waals surface area (Å²) >= 11 is 0. The van der Waals surface area contributed by atoms with Crippen LogP contribution in [-0.4, -0.2) is 52.5 Å². The number of hydrogen-bond donors (Lipinski definition) is 2. The average molecular weight is 426 g/mol. The second-order valence-electron chi connectivity index (χ2n) is 6.33. The first-order valence-electron chi connectivity index (χ1n) is 8.69. The van der Waals surface area contributed by atoms with Crippen LogP contribution in [0.4, 0.5) is 5.69 Å². The van der Waals surface area contributed by atoms with Crippen molar-refractivity contribution in [3.8, 4) is 5.75 Å². The Balaban J connectivity index is 0.00000280. The van der Waals surface area contributed by atoms with Gasteiger partial charge in [0.05, 0.1) is 17.7 Å². The molecule has 1 saturated heterocycles. The van der Waals surface area contributed by atoms with E-state index in [2.05, 4.69) is 10.0 Å². The van der Waals surface area contributed by atoms with Gasteiger partial charge in [-0.15, -0.1) is 12.4 Å². The molecule has 2 aromatic carbocycles. The third kappa shape index (κ3) is 4.76. The van der Waals surface area contributed by atoms with Crippen molar-refractivity contribution >= 4 is 34.0 Å². The normalized spacial score (nSPS) is 14.1. The molecule has 28 heavy (non-hydrogen) atoms. The highest BCUT2D eigenvalue weighted by Gasteiger charge is 2.23. The molecule has 152 valence electrons. The molecule has 0 aromatic heterocycles. The predicted octanol–water partition coefficient (Wildman–Crippen LogP) is 2.27. The van der Waals surface area contributed by atoms with Crippen molar-refractivity contribution < 1.29 is 17.9 Å². The summed E-state index contributed by atoms with van der Waals surface area (Å²) in [5, 5.41) is 3.19. The number of ether oxygens (including phenoxy) is 1.